The van der Waals surface area contributed by atoms with Gasteiger partial charge in [0.25, 0.3) is 0 Å². The van der Waals surface area contributed by atoms with Crippen LogP contribution in [0.1, 0.15) is 16.1 Å². The quantitative estimate of drug-likeness (QED) is 0.693. The van der Waals surface area contributed by atoms with Crippen molar-refractivity contribution in [2.24, 2.45) is 0 Å². The van der Waals surface area contributed by atoms with E-state index in [-0.39, 0.29) is 5.69 Å². The van der Waals surface area contributed by atoms with E-state index in [0.717, 1.165) is 11.3 Å². The molecule has 3 rings (SSSR count). The number of aromatic nitrogens is 3. The fourth-order valence-corrected chi connectivity index (χ4v) is 2.14. The molecule has 0 atom stereocenters. The molecule has 0 aliphatic rings. The van der Waals surface area contributed by atoms with Gasteiger partial charge in [-0.05, 0) is 31.2 Å². The number of hydrogen-bond donors (Lipinski definition) is 0. The number of aryl methyl sites for hydroxylation is 1. The van der Waals surface area contributed by atoms with Crippen molar-refractivity contribution in [1.29, 1.82) is 0 Å². The van der Waals surface area contributed by atoms with E-state index in [4.69, 9.17) is 0 Å². The van der Waals surface area contributed by atoms with Crippen molar-refractivity contribution in [3.8, 4) is 16.9 Å². The molecule has 0 saturated heterocycles. The van der Waals surface area contributed by atoms with E-state index in [9.17, 15) is 9.18 Å². The summed E-state index contributed by atoms with van der Waals surface area (Å²) in [7, 11) is 0. The van der Waals surface area contributed by atoms with Crippen LogP contribution in [-0.2, 0) is 0 Å². The van der Waals surface area contributed by atoms with Crippen LogP contribution in [0.15, 0.2) is 48.5 Å². The molecule has 0 unspecified atom stereocenters. The predicted octanol–water partition coefficient (Wildman–Crippen LogP) is 3.19. The number of benzene rings is 2. The van der Waals surface area contributed by atoms with Crippen LogP contribution in [0.2, 0.25) is 0 Å². The molecule has 21 heavy (non-hydrogen) atoms. The molecule has 5 heteroatoms. The van der Waals surface area contributed by atoms with Crippen LogP contribution in [-0.4, -0.2) is 21.3 Å². The molecule has 0 N–H and O–H groups in total. The monoisotopic (exact) mass is 281 g/mol. The normalized spacial score (nSPS) is 10.6. The first-order chi connectivity index (χ1) is 10.2. The first kappa shape index (κ1) is 13.2. The Hall–Kier alpha value is -2.82. The van der Waals surface area contributed by atoms with Crippen molar-refractivity contribution in [2.75, 3.05) is 0 Å². The summed E-state index contributed by atoms with van der Waals surface area (Å²) in [6.07, 6.45) is 0.583. The van der Waals surface area contributed by atoms with Crippen molar-refractivity contribution >= 4 is 6.29 Å². The summed E-state index contributed by atoms with van der Waals surface area (Å²) in [5, 5.41) is 7.80. The summed E-state index contributed by atoms with van der Waals surface area (Å²) >= 11 is 0. The molecular formula is C16H12FN3O. The van der Waals surface area contributed by atoms with Gasteiger partial charge in [0.05, 0.1) is 5.69 Å². The van der Waals surface area contributed by atoms with Crippen molar-refractivity contribution < 1.29 is 9.18 Å². The minimum atomic E-state index is -0.420. The van der Waals surface area contributed by atoms with Gasteiger partial charge in [-0.1, -0.05) is 35.0 Å². The second kappa shape index (κ2) is 5.28. The van der Waals surface area contributed by atoms with E-state index in [1.165, 1.54) is 10.7 Å². The molecule has 0 aliphatic carbocycles. The highest BCUT2D eigenvalue weighted by Crippen LogP contribution is 2.26. The molecule has 104 valence electrons. The van der Waals surface area contributed by atoms with E-state index < -0.39 is 5.82 Å². The van der Waals surface area contributed by atoms with Crippen LogP contribution in [0, 0.1) is 12.7 Å². The highest BCUT2D eigenvalue weighted by Gasteiger charge is 2.18. The van der Waals surface area contributed by atoms with Crippen LogP contribution in [0.5, 0.6) is 0 Å². The summed E-state index contributed by atoms with van der Waals surface area (Å²) in [5.41, 5.74) is 2.58. The smallest absolute Gasteiger partial charge is 0.172 e. The van der Waals surface area contributed by atoms with Gasteiger partial charge in [-0.3, -0.25) is 4.79 Å². The molecule has 0 fully saturated rings. The average molecular weight is 281 g/mol. The van der Waals surface area contributed by atoms with E-state index in [0.29, 0.717) is 17.5 Å². The van der Waals surface area contributed by atoms with Crippen molar-refractivity contribution in [1.82, 2.24) is 15.0 Å². The van der Waals surface area contributed by atoms with Crippen LogP contribution in [0.4, 0.5) is 4.39 Å². The van der Waals surface area contributed by atoms with Crippen molar-refractivity contribution in [2.45, 2.75) is 6.92 Å². The molecule has 4 nitrogen and oxygen atoms in total. The maximum atomic E-state index is 14.0. The van der Waals surface area contributed by atoms with Gasteiger partial charge in [0.2, 0.25) is 0 Å². The molecule has 0 bridgehead atoms. The lowest BCUT2D eigenvalue weighted by molar-refractivity contribution is 0.111. The molecule has 0 amide bonds. The standard InChI is InChI=1S/C16H12FN3O/c1-11-6-8-12(9-7-11)20-16(15(10-21)18-19-20)13-4-2-3-5-14(13)17/h2-10H,1H3. The Morgan fingerprint density at radius 2 is 1.81 bits per heavy atom. The molecule has 0 radical (unpaired) electrons. The van der Waals surface area contributed by atoms with E-state index in [1.54, 1.807) is 18.2 Å². The van der Waals surface area contributed by atoms with E-state index >= 15 is 0 Å². The zero-order valence-electron chi connectivity index (χ0n) is 11.3. The Kier molecular flexibility index (Phi) is 3.31. The van der Waals surface area contributed by atoms with Crippen LogP contribution < -0.4 is 0 Å². The van der Waals surface area contributed by atoms with Gasteiger partial charge in [0, 0.05) is 5.56 Å². The van der Waals surface area contributed by atoms with Gasteiger partial charge < -0.3 is 0 Å². The number of hydrogen-bond acceptors (Lipinski definition) is 3. The van der Waals surface area contributed by atoms with Gasteiger partial charge in [-0.2, -0.15) is 0 Å². The molecule has 2 aromatic carbocycles. The Labute approximate surface area is 120 Å². The first-order valence-electron chi connectivity index (χ1n) is 6.43. The highest BCUT2D eigenvalue weighted by molar-refractivity contribution is 5.84. The fraction of sp³-hybridized carbons (Fsp3) is 0.0625. The SMILES string of the molecule is Cc1ccc(-n2nnc(C=O)c2-c2ccccc2F)cc1. The second-order valence-electron chi connectivity index (χ2n) is 4.67. The van der Waals surface area contributed by atoms with Gasteiger partial charge in [0.15, 0.2) is 12.0 Å². The topological polar surface area (TPSA) is 47.8 Å². The number of aldehydes is 1. The minimum Gasteiger partial charge on any atom is -0.296 e. The summed E-state index contributed by atoms with van der Waals surface area (Å²) < 4.78 is 15.5. The maximum Gasteiger partial charge on any atom is 0.172 e. The van der Waals surface area contributed by atoms with Crippen molar-refractivity contribution in [3.63, 3.8) is 0 Å². The fourth-order valence-electron chi connectivity index (χ4n) is 2.14. The lowest BCUT2D eigenvalue weighted by Gasteiger charge is -2.08. The average Bonchev–Trinajstić information content (AvgIpc) is 2.92. The van der Waals surface area contributed by atoms with Gasteiger partial charge in [-0.25, -0.2) is 9.07 Å². The van der Waals surface area contributed by atoms with E-state index in [1.807, 2.05) is 31.2 Å². The second-order valence-corrected chi connectivity index (χ2v) is 4.67. The first-order valence-corrected chi connectivity index (χ1v) is 6.43. The van der Waals surface area contributed by atoms with E-state index in [2.05, 4.69) is 10.3 Å². The minimum absolute atomic E-state index is 0.112. The molecule has 3 aromatic rings. The van der Waals surface area contributed by atoms with Crippen LogP contribution in [0.25, 0.3) is 16.9 Å². The molecule has 1 heterocycles. The molecule has 0 aliphatic heterocycles. The van der Waals surface area contributed by atoms with Gasteiger partial charge >= 0.3 is 0 Å². The van der Waals surface area contributed by atoms with Crippen LogP contribution >= 0.6 is 0 Å². The molecular weight excluding hydrogens is 269 g/mol. The maximum absolute atomic E-state index is 14.0. The third-order valence-corrected chi connectivity index (χ3v) is 3.22. The number of halogens is 1. The largest absolute Gasteiger partial charge is 0.296 e. The lowest BCUT2D eigenvalue weighted by atomic mass is 10.1. The van der Waals surface area contributed by atoms with Gasteiger partial charge in [0.1, 0.15) is 11.5 Å². The Balaban J connectivity index is 2.24. The molecule has 1 aromatic heterocycles. The molecule has 0 saturated carbocycles. The highest BCUT2D eigenvalue weighted by atomic mass is 19.1. The number of carbonyl (C=O) groups excluding carboxylic acids is 1. The number of carbonyl (C=O) groups is 1. The number of nitrogens with zero attached hydrogens (tertiary/aromatic N) is 3. The Bertz CT molecular complexity index is 794. The predicted molar refractivity (Wildman–Crippen MR) is 76.9 cm³/mol. The summed E-state index contributed by atoms with van der Waals surface area (Å²) in [6.45, 7) is 1.97. The van der Waals surface area contributed by atoms with Gasteiger partial charge in [-0.15, -0.1) is 5.10 Å². The molecule has 0 spiro atoms. The lowest BCUT2D eigenvalue weighted by Crippen LogP contribution is -2.01. The zero-order chi connectivity index (χ0) is 14.8. The third-order valence-electron chi connectivity index (χ3n) is 3.22. The van der Waals surface area contributed by atoms with Crippen LogP contribution in [0.3, 0.4) is 0 Å². The Morgan fingerprint density at radius 1 is 1.10 bits per heavy atom. The number of rotatable bonds is 3. The summed E-state index contributed by atoms with van der Waals surface area (Å²) in [6, 6.07) is 13.8. The third kappa shape index (κ3) is 2.33. The van der Waals surface area contributed by atoms with Crippen molar-refractivity contribution in [3.05, 3.63) is 65.6 Å². The zero-order valence-corrected chi connectivity index (χ0v) is 11.3. The Morgan fingerprint density at radius 3 is 2.48 bits per heavy atom. The summed E-state index contributed by atoms with van der Waals surface area (Å²) in [5.74, 6) is -0.420. The summed E-state index contributed by atoms with van der Waals surface area (Å²) in [4.78, 5) is 11.2.